The van der Waals surface area contributed by atoms with Gasteiger partial charge >= 0.3 is 5.97 Å². The van der Waals surface area contributed by atoms with Crippen LogP contribution in [0, 0.1) is 0 Å². The van der Waals surface area contributed by atoms with E-state index in [1.807, 2.05) is 0 Å². The van der Waals surface area contributed by atoms with E-state index in [2.05, 4.69) is 4.74 Å². The highest BCUT2D eigenvalue weighted by Gasteiger charge is 2.20. The van der Waals surface area contributed by atoms with Gasteiger partial charge in [-0.15, -0.1) is 0 Å². The molecule has 0 aliphatic carbocycles. The van der Waals surface area contributed by atoms with Crippen LogP contribution in [-0.4, -0.2) is 36.0 Å². The van der Waals surface area contributed by atoms with Crippen LogP contribution in [0.15, 0.2) is 17.1 Å². The van der Waals surface area contributed by atoms with Gasteiger partial charge in [0.25, 0.3) is 5.56 Å². The molecule has 0 saturated carbocycles. The summed E-state index contributed by atoms with van der Waals surface area (Å²) in [5.41, 5.74) is -0.323. The summed E-state index contributed by atoms with van der Waals surface area (Å²) in [7, 11) is 1.23. The fourth-order valence-corrected chi connectivity index (χ4v) is 2.05. The predicted molar refractivity (Wildman–Crippen MR) is 62.8 cm³/mol. The first-order valence-corrected chi connectivity index (χ1v) is 5.74. The largest absolute Gasteiger partial charge is 0.507 e. The van der Waals surface area contributed by atoms with Gasteiger partial charge in [0.05, 0.1) is 7.11 Å². The van der Waals surface area contributed by atoms with Crippen LogP contribution in [0.2, 0.25) is 0 Å². The molecular formula is C12H15NO5. The Balaban J connectivity index is 2.40. The van der Waals surface area contributed by atoms with Gasteiger partial charge < -0.3 is 19.1 Å². The van der Waals surface area contributed by atoms with Gasteiger partial charge in [0.1, 0.15) is 11.3 Å². The van der Waals surface area contributed by atoms with E-state index in [1.54, 1.807) is 0 Å². The number of rotatable bonds is 2. The third-order valence-electron chi connectivity index (χ3n) is 3.05. The Morgan fingerprint density at radius 2 is 2.17 bits per heavy atom. The van der Waals surface area contributed by atoms with Gasteiger partial charge in [0.15, 0.2) is 0 Å². The third-order valence-corrected chi connectivity index (χ3v) is 3.05. The highest BCUT2D eigenvalue weighted by Crippen LogP contribution is 2.22. The van der Waals surface area contributed by atoms with Gasteiger partial charge in [-0.1, -0.05) is 0 Å². The van der Waals surface area contributed by atoms with Crippen LogP contribution in [0.1, 0.15) is 29.2 Å². The summed E-state index contributed by atoms with van der Waals surface area (Å²) in [4.78, 5) is 23.3. The van der Waals surface area contributed by atoms with Crippen LogP contribution < -0.4 is 5.56 Å². The van der Waals surface area contributed by atoms with Crippen molar-refractivity contribution in [2.24, 2.45) is 0 Å². The average Bonchev–Trinajstić information content (AvgIpc) is 2.39. The van der Waals surface area contributed by atoms with E-state index in [9.17, 15) is 14.7 Å². The lowest BCUT2D eigenvalue weighted by atomic mass is 10.1. The zero-order valence-electron chi connectivity index (χ0n) is 10.1. The molecule has 0 atom stereocenters. The fourth-order valence-electron chi connectivity index (χ4n) is 2.05. The molecule has 98 valence electrons. The number of nitrogens with zero attached hydrogens (tertiary/aromatic N) is 1. The van der Waals surface area contributed by atoms with Crippen molar-refractivity contribution >= 4 is 5.97 Å². The molecule has 6 nitrogen and oxygen atoms in total. The van der Waals surface area contributed by atoms with Crippen molar-refractivity contribution in [3.63, 3.8) is 0 Å². The Labute approximate surface area is 104 Å². The quantitative estimate of drug-likeness (QED) is 0.785. The van der Waals surface area contributed by atoms with Crippen molar-refractivity contribution < 1.29 is 19.4 Å². The lowest BCUT2D eigenvalue weighted by Gasteiger charge is -2.24. The van der Waals surface area contributed by atoms with E-state index >= 15 is 0 Å². The first-order valence-electron chi connectivity index (χ1n) is 5.74. The number of hydrogen-bond donors (Lipinski definition) is 1. The maximum Gasteiger partial charge on any atom is 0.343 e. The van der Waals surface area contributed by atoms with Crippen LogP contribution in [0.5, 0.6) is 5.75 Å². The average molecular weight is 253 g/mol. The van der Waals surface area contributed by atoms with E-state index < -0.39 is 5.97 Å². The highest BCUT2D eigenvalue weighted by molar-refractivity contribution is 5.91. The summed E-state index contributed by atoms with van der Waals surface area (Å²) in [5, 5.41) is 9.58. The monoisotopic (exact) mass is 253 g/mol. The number of carbonyl (C=O) groups excluding carboxylic acids is 1. The van der Waals surface area contributed by atoms with Crippen molar-refractivity contribution in [3.8, 4) is 5.75 Å². The minimum atomic E-state index is -0.659. The first-order chi connectivity index (χ1) is 8.63. The molecular weight excluding hydrogens is 238 g/mol. The molecule has 2 heterocycles. The summed E-state index contributed by atoms with van der Waals surface area (Å²) >= 11 is 0. The van der Waals surface area contributed by atoms with Gasteiger partial charge in [0, 0.05) is 31.5 Å². The van der Waals surface area contributed by atoms with E-state index in [0.717, 1.165) is 6.07 Å². The van der Waals surface area contributed by atoms with E-state index in [-0.39, 0.29) is 22.9 Å². The standard InChI is InChI=1S/C12H15NO5/c1-17-12(16)9-7-13(11(15)6-10(9)14)8-2-4-18-5-3-8/h6-8,14H,2-5H2,1H3. The predicted octanol–water partition coefficient (Wildman–Crippen LogP) is 0.692. The topological polar surface area (TPSA) is 77.8 Å². The number of carbonyl (C=O) groups is 1. The lowest BCUT2D eigenvalue weighted by molar-refractivity contribution is 0.0591. The highest BCUT2D eigenvalue weighted by atomic mass is 16.5. The van der Waals surface area contributed by atoms with Crippen molar-refractivity contribution in [2.75, 3.05) is 20.3 Å². The lowest BCUT2D eigenvalue weighted by Crippen LogP contribution is -2.29. The summed E-state index contributed by atoms with van der Waals surface area (Å²) in [6.45, 7) is 1.18. The van der Waals surface area contributed by atoms with Crippen LogP contribution in [0.25, 0.3) is 0 Å². The number of esters is 1. The second kappa shape index (κ2) is 5.22. The Morgan fingerprint density at radius 1 is 1.50 bits per heavy atom. The van der Waals surface area contributed by atoms with Crippen LogP contribution in [0.4, 0.5) is 0 Å². The third kappa shape index (κ3) is 2.38. The van der Waals surface area contributed by atoms with E-state index in [1.165, 1.54) is 17.9 Å². The number of ether oxygens (including phenoxy) is 2. The van der Waals surface area contributed by atoms with Crippen LogP contribution >= 0.6 is 0 Å². The van der Waals surface area contributed by atoms with E-state index in [4.69, 9.17) is 4.74 Å². The maximum atomic E-state index is 11.8. The van der Waals surface area contributed by atoms with E-state index in [0.29, 0.717) is 26.1 Å². The van der Waals surface area contributed by atoms with Crippen molar-refractivity contribution in [1.29, 1.82) is 0 Å². The molecule has 0 unspecified atom stereocenters. The number of hydrogen-bond acceptors (Lipinski definition) is 5. The van der Waals surface area contributed by atoms with Gasteiger partial charge in [-0.05, 0) is 12.8 Å². The molecule has 18 heavy (non-hydrogen) atoms. The fraction of sp³-hybridized carbons (Fsp3) is 0.500. The molecule has 0 aromatic carbocycles. The summed E-state index contributed by atoms with van der Waals surface area (Å²) in [5.74, 6) is -1.01. The molecule has 2 rings (SSSR count). The number of aromatic nitrogens is 1. The number of methoxy groups -OCH3 is 1. The minimum Gasteiger partial charge on any atom is -0.507 e. The second-order valence-electron chi connectivity index (χ2n) is 4.15. The van der Waals surface area contributed by atoms with Crippen molar-refractivity contribution in [3.05, 3.63) is 28.2 Å². The Morgan fingerprint density at radius 3 is 2.78 bits per heavy atom. The number of pyridine rings is 1. The van der Waals surface area contributed by atoms with Gasteiger partial charge in [-0.3, -0.25) is 4.79 Å². The summed E-state index contributed by atoms with van der Waals surface area (Å²) in [6, 6.07) is 1.04. The van der Waals surface area contributed by atoms with Gasteiger partial charge in [-0.2, -0.15) is 0 Å². The molecule has 0 radical (unpaired) electrons. The molecule has 1 fully saturated rings. The first kappa shape index (κ1) is 12.6. The molecule has 1 aromatic heterocycles. The molecule has 1 aliphatic rings. The van der Waals surface area contributed by atoms with Crippen LogP contribution in [-0.2, 0) is 9.47 Å². The van der Waals surface area contributed by atoms with Gasteiger partial charge in [-0.25, -0.2) is 4.79 Å². The molecule has 6 heteroatoms. The molecule has 0 spiro atoms. The molecule has 0 amide bonds. The SMILES string of the molecule is COC(=O)c1cn(C2CCOCC2)c(=O)cc1O. The zero-order chi connectivity index (χ0) is 13.1. The molecule has 1 aliphatic heterocycles. The molecule has 1 aromatic rings. The second-order valence-corrected chi connectivity index (χ2v) is 4.15. The maximum absolute atomic E-state index is 11.8. The van der Waals surface area contributed by atoms with Crippen molar-refractivity contribution in [1.82, 2.24) is 4.57 Å². The van der Waals surface area contributed by atoms with Crippen molar-refractivity contribution in [2.45, 2.75) is 18.9 Å². The van der Waals surface area contributed by atoms with Gasteiger partial charge in [0.2, 0.25) is 0 Å². The number of aromatic hydroxyl groups is 1. The summed E-state index contributed by atoms with van der Waals surface area (Å²) < 4.78 is 11.3. The molecule has 1 N–H and O–H groups in total. The summed E-state index contributed by atoms with van der Waals surface area (Å²) in [6.07, 6.45) is 2.79. The Hall–Kier alpha value is -1.82. The Bertz CT molecular complexity index is 502. The van der Waals surface area contributed by atoms with Crippen LogP contribution in [0.3, 0.4) is 0 Å². The zero-order valence-corrected chi connectivity index (χ0v) is 10.1. The Kier molecular flexibility index (Phi) is 3.66. The minimum absolute atomic E-state index is 0.00333. The smallest absolute Gasteiger partial charge is 0.343 e. The molecule has 0 bridgehead atoms. The normalized spacial score (nSPS) is 16.5. The molecule has 1 saturated heterocycles.